The standard InChI is InChI=1S/C23H38N4OSi2/c1-19-12-14-20(15-13-19)27-22(28-30(6,7)8)25-17-23(2,18-26-29(3,4)5)21-11-9-10-16-24-21/h9-16,26H,17-18H2,1-8H3,(H,25,27). The van der Waals surface area contributed by atoms with E-state index in [0.717, 1.165) is 17.9 Å². The third kappa shape index (κ3) is 8.41. The Hall–Kier alpha value is -1.97. The molecule has 1 aromatic carbocycles. The molecule has 1 heterocycles. The Labute approximate surface area is 184 Å². The molecule has 164 valence electrons. The van der Waals surface area contributed by atoms with Crippen LogP contribution < -0.4 is 10.3 Å². The van der Waals surface area contributed by atoms with Crippen LogP contribution in [0.2, 0.25) is 39.3 Å². The summed E-state index contributed by atoms with van der Waals surface area (Å²) in [6.07, 6.45) is 1.86. The van der Waals surface area contributed by atoms with Crippen molar-refractivity contribution >= 4 is 28.3 Å². The summed E-state index contributed by atoms with van der Waals surface area (Å²) in [5.41, 5.74) is 3.02. The van der Waals surface area contributed by atoms with Crippen molar-refractivity contribution in [3.8, 4) is 0 Å². The lowest BCUT2D eigenvalue weighted by Crippen LogP contribution is -2.49. The molecule has 1 aromatic heterocycles. The number of rotatable bonds is 8. The summed E-state index contributed by atoms with van der Waals surface area (Å²) in [5, 5.41) is 3.39. The molecule has 0 saturated heterocycles. The van der Waals surface area contributed by atoms with E-state index in [0.29, 0.717) is 12.6 Å². The normalized spacial score (nSPS) is 14.9. The van der Waals surface area contributed by atoms with Crippen molar-refractivity contribution in [2.75, 3.05) is 18.4 Å². The van der Waals surface area contributed by atoms with Crippen molar-refractivity contribution in [2.45, 2.75) is 58.5 Å². The van der Waals surface area contributed by atoms with Gasteiger partial charge in [0.15, 0.2) is 0 Å². The number of nitrogens with zero attached hydrogens (tertiary/aromatic N) is 2. The van der Waals surface area contributed by atoms with E-state index >= 15 is 0 Å². The van der Waals surface area contributed by atoms with Crippen molar-refractivity contribution in [3.63, 3.8) is 0 Å². The molecule has 2 rings (SSSR count). The molecule has 0 fully saturated rings. The quantitative estimate of drug-likeness (QED) is 0.327. The van der Waals surface area contributed by atoms with Crippen LogP contribution >= 0.6 is 0 Å². The molecule has 0 aliphatic carbocycles. The molecule has 0 amide bonds. The average Bonchev–Trinajstić information content (AvgIpc) is 2.65. The van der Waals surface area contributed by atoms with Gasteiger partial charge in [0, 0.05) is 29.5 Å². The number of aliphatic imine (C=N–C) groups is 1. The highest BCUT2D eigenvalue weighted by molar-refractivity contribution is 6.73. The van der Waals surface area contributed by atoms with Gasteiger partial charge in [-0.3, -0.25) is 4.98 Å². The fraction of sp³-hybridized carbons (Fsp3) is 0.478. The van der Waals surface area contributed by atoms with Crippen LogP contribution in [0.1, 0.15) is 18.2 Å². The zero-order valence-corrected chi connectivity index (χ0v) is 21.8. The molecule has 0 spiro atoms. The second-order valence-corrected chi connectivity index (χ2v) is 19.5. The molecule has 30 heavy (non-hydrogen) atoms. The summed E-state index contributed by atoms with van der Waals surface area (Å²) >= 11 is 0. The van der Waals surface area contributed by atoms with Crippen molar-refractivity contribution in [3.05, 3.63) is 59.9 Å². The van der Waals surface area contributed by atoms with Crippen molar-refractivity contribution in [2.24, 2.45) is 4.99 Å². The Kier molecular flexibility index (Phi) is 8.02. The van der Waals surface area contributed by atoms with Crippen molar-refractivity contribution in [1.29, 1.82) is 0 Å². The number of hydrogen-bond donors (Lipinski definition) is 2. The first-order valence-corrected chi connectivity index (χ1v) is 17.5. The molecule has 2 aromatic rings. The minimum atomic E-state index is -1.83. The van der Waals surface area contributed by atoms with Gasteiger partial charge in [0.05, 0.1) is 6.54 Å². The van der Waals surface area contributed by atoms with E-state index in [2.05, 4.69) is 98.7 Å². The van der Waals surface area contributed by atoms with E-state index in [1.807, 2.05) is 18.3 Å². The van der Waals surface area contributed by atoms with E-state index in [-0.39, 0.29) is 5.41 Å². The Balaban J connectivity index is 2.31. The molecular weight excluding hydrogens is 404 g/mol. The summed E-state index contributed by atoms with van der Waals surface area (Å²) in [5.74, 6) is 0. The van der Waals surface area contributed by atoms with Gasteiger partial charge in [-0.05, 0) is 50.8 Å². The minimum Gasteiger partial charge on any atom is -0.519 e. The molecule has 0 aliphatic rings. The minimum absolute atomic E-state index is 0.232. The van der Waals surface area contributed by atoms with Crippen LogP contribution in [0, 0.1) is 6.92 Å². The van der Waals surface area contributed by atoms with E-state index < -0.39 is 16.6 Å². The number of hydrogen-bond acceptors (Lipinski definition) is 4. The summed E-state index contributed by atoms with van der Waals surface area (Å²) in [7, 11) is -3.25. The Morgan fingerprint density at radius 3 is 2.23 bits per heavy atom. The predicted molar refractivity (Wildman–Crippen MR) is 134 cm³/mol. The maximum Gasteiger partial charge on any atom is 0.275 e. The largest absolute Gasteiger partial charge is 0.519 e. The van der Waals surface area contributed by atoms with E-state index in [9.17, 15) is 0 Å². The number of nitrogens with one attached hydrogen (secondary N) is 2. The van der Waals surface area contributed by atoms with Crippen LogP contribution in [0.5, 0.6) is 0 Å². The zero-order valence-electron chi connectivity index (χ0n) is 19.8. The number of aryl methyl sites for hydroxylation is 1. The highest BCUT2D eigenvalue weighted by atomic mass is 28.4. The highest BCUT2D eigenvalue weighted by Gasteiger charge is 2.30. The van der Waals surface area contributed by atoms with Crippen LogP contribution in [-0.2, 0) is 9.84 Å². The summed E-state index contributed by atoms with van der Waals surface area (Å²) in [6.45, 7) is 19.2. The van der Waals surface area contributed by atoms with Crippen molar-refractivity contribution < 1.29 is 4.43 Å². The van der Waals surface area contributed by atoms with Crippen LogP contribution in [-0.4, -0.2) is 40.6 Å². The second kappa shape index (κ2) is 9.89. The van der Waals surface area contributed by atoms with E-state index in [1.165, 1.54) is 5.56 Å². The van der Waals surface area contributed by atoms with Gasteiger partial charge in [-0.15, -0.1) is 0 Å². The Morgan fingerprint density at radius 1 is 1.03 bits per heavy atom. The topological polar surface area (TPSA) is 58.5 Å². The van der Waals surface area contributed by atoms with Crippen LogP contribution in [0.15, 0.2) is 53.7 Å². The summed E-state index contributed by atoms with van der Waals surface area (Å²) in [4.78, 5) is 13.3. The van der Waals surface area contributed by atoms with Crippen LogP contribution in [0.3, 0.4) is 0 Å². The maximum absolute atomic E-state index is 6.29. The molecular formula is C23H38N4OSi2. The molecule has 0 aliphatic heterocycles. The molecule has 0 saturated carbocycles. The maximum atomic E-state index is 6.29. The monoisotopic (exact) mass is 442 g/mol. The van der Waals surface area contributed by atoms with Gasteiger partial charge < -0.3 is 14.7 Å². The van der Waals surface area contributed by atoms with Crippen LogP contribution in [0.25, 0.3) is 0 Å². The third-order valence-electron chi connectivity index (χ3n) is 4.57. The molecule has 5 nitrogen and oxygen atoms in total. The first-order chi connectivity index (χ1) is 13.9. The van der Waals surface area contributed by atoms with Crippen LogP contribution in [0.4, 0.5) is 5.69 Å². The lowest BCUT2D eigenvalue weighted by molar-refractivity contribution is 0.454. The van der Waals surface area contributed by atoms with E-state index in [4.69, 9.17) is 9.42 Å². The van der Waals surface area contributed by atoms with Gasteiger partial charge in [0.1, 0.15) is 8.24 Å². The molecule has 1 atom stereocenters. The summed E-state index contributed by atoms with van der Waals surface area (Å²) < 4.78 is 6.29. The van der Waals surface area contributed by atoms with Gasteiger partial charge in [-0.1, -0.05) is 50.3 Å². The van der Waals surface area contributed by atoms with E-state index in [1.54, 1.807) is 0 Å². The third-order valence-corrected chi connectivity index (χ3v) is 6.61. The molecule has 0 bridgehead atoms. The second-order valence-electron chi connectivity index (χ2n) is 10.2. The molecule has 7 heteroatoms. The van der Waals surface area contributed by atoms with Gasteiger partial charge >= 0.3 is 0 Å². The zero-order chi connectivity index (χ0) is 22.4. The first-order valence-electron chi connectivity index (χ1n) is 10.6. The number of anilines is 1. The Morgan fingerprint density at radius 2 is 1.70 bits per heavy atom. The molecule has 1 unspecified atom stereocenters. The van der Waals surface area contributed by atoms with Crippen molar-refractivity contribution in [1.82, 2.24) is 9.97 Å². The fourth-order valence-corrected chi connectivity index (χ4v) is 4.42. The summed E-state index contributed by atoms with van der Waals surface area (Å²) in [6, 6.07) is 15.0. The predicted octanol–water partition coefficient (Wildman–Crippen LogP) is 5.39. The van der Waals surface area contributed by atoms with Gasteiger partial charge in [-0.25, -0.2) is 4.99 Å². The number of benzene rings is 1. The van der Waals surface area contributed by atoms with Gasteiger partial charge in [-0.2, -0.15) is 0 Å². The smallest absolute Gasteiger partial charge is 0.275 e. The molecule has 0 radical (unpaired) electrons. The van der Waals surface area contributed by atoms with Gasteiger partial charge in [0.25, 0.3) is 6.02 Å². The highest BCUT2D eigenvalue weighted by Crippen LogP contribution is 2.23. The molecule has 2 N–H and O–H groups in total. The Bertz CT molecular complexity index is 827. The number of pyridine rings is 1. The lowest BCUT2D eigenvalue weighted by atomic mass is 9.86. The first kappa shape index (κ1) is 24.3. The average molecular weight is 443 g/mol. The number of aromatic nitrogens is 1. The van der Waals surface area contributed by atoms with Gasteiger partial charge in [0.2, 0.25) is 8.32 Å². The lowest BCUT2D eigenvalue weighted by Gasteiger charge is -2.32. The number of amidine groups is 1. The SMILES string of the molecule is Cc1ccc(NC(=NCC(C)(CN[Si](C)(C)C)c2ccccn2)O[Si](C)(C)C)cc1. The fourth-order valence-electron chi connectivity index (χ4n) is 2.80.